The number of nitrogens with zero attached hydrogens (tertiary/aromatic N) is 3. The molecule has 33 heavy (non-hydrogen) atoms. The highest BCUT2D eigenvalue weighted by Gasteiger charge is 2.56. The molecule has 2 aromatic rings. The topological polar surface area (TPSA) is 171 Å². The maximum absolute atomic E-state index is 12.1. The first-order valence-electron chi connectivity index (χ1n) is 10.3. The molecule has 4 rings (SSSR count). The fourth-order valence-electron chi connectivity index (χ4n) is 4.15. The summed E-state index contributed by atoms with van der Waals surface area (Å²) in [6.07, 6.45) is -1.13. The number of rotatable bonds is 8. The van der Waals surface area contributed by atoms with E-state index >= 15 is 0 Å². The predicted molar refractivity (Wildman–Crippen MR) is 118 cm³/mol. The zero-order chi connectivity index (χ0) is 24.1. The molecule has 0 spiro atoms. The van der Waals surface area contributed by atoms with Gasteiger partial charge in [0, 0.05) is 12.1 Å². The molecular weight excluding hydrogens is 478 g/mol. The summed E-state index contributed by atoms with van der Waals surface area (Å²) in [7, 11) is -3.79. The Hall–Kier alpha value is -2.03. The number of alkyl halides is 1. The van der Waals surface area contributed by atoms with Gasteiger partial charge in [0.2, 0.25) is 0 Å². The summed E-state index contributed by atoms with van der Waals surface area (Å²) in [5.74, 6) is -1.17. The Kier molecular flexibility index (Phi) is 6.31. The molecule has 12 nitrogen and oxygen atoms in total. The quantitative estimate of drug-likeness (QED) is 0.388. The van der Waals surface area contributed by atoms with Gasteiger partial charge < -0.3 is 30.2 Å². The van der Waals surface area contributed by atoms with Gasteiger partial charge in [-0.25, -0.2) is 9.97 Å². The number of nitrogens with two attached hydrogens (primary N) is 2. The summed E-state index contributed by atoms with van der Waals surface area (Å²) in [5.41, 5.74) is 12.1. The second-order valence-corrected chi connectivity index (χ2v) is 10.5. The number of aryl methyl sites for hydroxylation is 1. The van der Waals surface area contributed by atoms with Gasteiger partial charge in [-0.15, -0.1) is 11.6 Å². The molecule has 4 atom stereocenters. The van der Waals surface area contributed by atoms with Crippen LogP contribution in [0, 0.1) is 6.92 Å². The molecule has 0 unspecified atom stereocenters. The molecule has 2 aliphatic rings. The lowest BCUT2D eigenvalue weighted by Crippen LogP contribution is -2.34. The average molecular weight is 504 g/mol. The molecular formula is C19H26ClN5O7S. The number of carbonyl (C=O) groups excluding carboxylic acids is 1. The first kappa shape index (κ1) is 24.1. The average Bonchev–Trinajstić information content (AvgIpc) is 3.33. The molecule has 2 aromatic heterocycles. The van der Waals surface area contributed by atoms with Crippen molar-refractivity contribution in [2.45, 2.75) is 57.5 Å². The number of hydrogen-bond donors (Lipinski definition) is 2. The van der Waals surface area contributed by atoms with Gasteiger partial charge in [0.25, 0.3) is 16.0 Å². The molecule has 2 fully saturated rings. The van der Waals surface area contributed by atoms with E-state index in [2.05, 4.69) is 9.97 Å². The Bertz CT molecular complexity index is 1180. The highest BCUT2D eigenvalue weighted by Crippen LogP contribution is 2.44. The van der Waals surface area contributed by atoms with Crippen LogP contribution in [0.15, 0.2) is 6.20 Å². The number of nitrogen functional groups attached to an aromatic ring is 1. The van der Waals surface area contributed by atoms with Crippen molar-refractivity contribution in [1.29, 1.82) is 0 Å². The Morgan fingerprint density at radius 2 is 2.00 bits per heavy atom. The van der Waals surface area contributed by atoms with E-state index in [-0.39, 0.29) is 36.0 Å². The van der Waals surface area contributed by atoms with Crippen LogP contribution in [0.4, 0.5) is 5.82 Å². The van der Waals surface area contributed by atoms with Gasteiger partial charge >= 0.3 is 0 Å². The van der Waals surface area contributed by atoms with E-state index in [0.29, 0.717) is 16.9 Å². The Balaban J connectivity index is 1.70. The molecule has 14 heteroatoms. The fraction of sp³-hybridized carbons (Fsp3) is 0.632. The lowest BCUT2D eigenvalue weighted by atomic mass is 10.1. The molecule has 2 saturated heterocycles. The maximum Gasteiger partial charge on any atom is 0.267 e. The molecule has 0 radical (unpaired) electrons. The number of primary amides is 1. The van der Waals surface area contributed by atoms with Crippen LogP contribution >= 0.6 is 11.6 Å². The number of fused-ring (bicyclic) bond motifs is 2. The highest BCUT2D eigenvalue weighted by atomic mass is 35.5. The van der Waals surface area contributed by atoms with Crippen molar-refractivity contribution in [2.24, 2.45) is 5.73 Å². The van der Waals surface area contributed by atoms with Crippen LogP contribution in [0.5, 0.6) is 0 Å². The van der Waals surface area contributed by atoms with Crippen molar-refractivity contribution in [3.63, 3.8) is 0 Å². The summed E-state index contributed by atoms with van der Waals surface area (Å²) in [6.45, 7) is 4.87. The SMILES string of the molecule is Cc1nc(N)c2c(C(N)=O)cn([C@@H]3O[C@H](COS(=O)(=O)CCCCl)[C@H]4OC(C)(C)O[C@H]43)c2n1. The molecule has 0 saturated carbocycles. The summed E-state index contributed by atoms with van der Waals surface area (Å²) in [4.78, 5) is 20.6. The molecule has 4 N–H and O–H groups in total. The van der Waals surface area contributed by atoms with E-state index in [1.165, 1.54) is 6.20 Å². The van der Waals surface area contributed by atoms with Crippen molar-refractivity contribution in [1.82, 2.24) is 14.5 Å². The predicted octanol–water partition coefficient (Wildman–Crippen LogP) is 0.814. The Morgan fingerprint density at radius 3 is 2.67 bits per heavy atom. The fourth-order valence-corrected chi connectivity index (χ4v) is 5.40. The molecule has 2 aliphatic heterocycles. The van der Waals surface area contributed by atoms with E-state index in [1.807, 2.05) is 0 Å². The van der Waals surface area contributed by atoms with Crippen molar-refractivity contribution < 1.29 is 31.6 Å². The normalized spacial score (nSPS) is 26.7. The van der Waals surface area contributed by atoms with Gasteiger partial charge in [-0.1, -0.05) is 0 Å². The van der Waals surface area contributed by atoms with Gasteiger partial charge in [0.1, 0.15) is 35.6 Å². The van der Waals surface area contributed by atoms with E-state index in [1.54, 1.807) is 25.3 Å². The summed E-state index contributed by atoms with van der Waals surface area (Å²) in [6, 6.07) is 0. The Labute approximate surface area is 195 Å². The van der Waals surface area contributed by atoms with Gasteiger partial charge in [-0.3, -0.25) is 8.98 Å². The Morgan fingerprint density at radius 1 is 1.30 bits per heavy atom. The number of aromatic nitrogens is 3. The zero-order valence-corrected chi connectivity index (χ0v) is 19.9. The minimum absolute atomic E-state index is 0.105. The second kappa shape index (κ2) is 8.64. The second-order valence-electron chi connectivity index (χ2n) is 8.39. The van der Waals surface area contributed by atoms with Crippen LogP contribution in [-0.2, 0) is 28.5 Å². The van der Waals surface area contributed by atoms with Crippen LogP contribution in [0.25, 0.3) is 11.0 Å². The van der Waals surface area contributed by atoms with Gasteiger partial charge in [0.05, 0.1) is 23.3 Å². The minimum Gasteiger partial charge on any atom is -0.383 e. The van der Waals surface area contributed by atoms with E-state index in [0.717, 1.165) is 0 Å². The standard InChI is InChI=1S/C19H26ClN5O7S/c1-9-23-15(21)12-10(16(22)26)7-25(17(12)24-9)18-14-13(31-19(2,3)32-14)11(30-18)8-29-33(27,28)6-4-5-20/h7,11,13-14,18H,4-6,8H2,1-3H3,(H2,22,26)(H2,21,23,24)/t11-,13-,14-,18-/m1/s1. The molecule has 0 bridgehead atoms. The van der Waals surface area contributed by atoms with Crippen molar-refractivity contribution in [2.75, 3.05) is 24.0 Å². The van der Waals surface area contributed by atoms with E-state index in [9.17, 15) is 13.2 Å². The molecule has 4 heterocycles. The van der Waals surface area contributed by atoms with Crippen LogP contribution in [0.2, 0.25) is 0 Å². The smallest absolute Gasteiger partial charge is 0.267 e. The third kappa shape index (κ3) is 4.66. The van der Waals surface area contributed by atoms with Gasteiger partial charge in [-0.05, 0) is 27.2 Å². The monoisotopic (exact) mass is 503 g/mol. The van der Waals surface area contributed by atoms with E-state index < -0.39 is 46.4 Å². The van der Waals surface area contributed by atoms with Crippen molar-refractivity contribution >= 4 is 44.5 Å². The van der Waals surface area contributed by atoms with Crippen LogP contribution in [0.1, 0.15) is 42.7 Å². The molecule has 0 aromatic carbocycles. The van der Waals surface area contributed by atoms with Crippen LogP contribution in [0.3, 0.4) is 0 Å². The number of halogens is 1. The summed E-state index contributed by atoms with van der Waals surface area (Å²) >= 11 is 5.58. The largest absolute Gasteiger partial charge is 0.383 e. The maximum atomic E-state index is 12.1. The van der Waals surface area contributed by atoms with E-state index in [4.69, 9.17) is 41.5 Å². The lowest BCUT2D eigenvalue weighted by Gasteiger charge is -2.25. The highest BCUT2D eigenvalue weighted by molar-refractivity contribution is 7.86. The molecule has 1 amide bonds. The molecule has 0 aliphatic carbocycles. The summed E-state index contributed by atoms with van der Waals surface area (Å²) in [5, 5.41) is 0.301. The number of anilines is 1. The zero-order valence-electron chi connectivity index (χ0n) is 18.4. The van der Waals surface area contributed by atoms with Crippen molar-refractivity contribution in [3.05, 3.63) is 17.6 Å². The number of ether oxygens (including phenoxy) is 3. The lowest BCUT2D eigenvalue weighted by molar-refractivity contribution is -0.198. The minimum atomic E-state index is -3.79. The third-order valence-corrected chi connectivity index (χ3v) is 6.97. The number of amides is 1. The van der Waals surface area contributed by atoms with Crippen LogP contribution in [-0.4, -0.2) is 71.2 Å². The first-order chi connectivity index (χ1) is 15.4. The van der Waals surface area contributed by atoms with Crippen LogP contribution < -0.4 is 11.5 Å². The first-order valence-corrected chi connectivity index (χ1v) is 12.4. The number of hydrogen-bond acceptors (Lipinski definition) is 10. The third-order valence-electron chi connectivity index (χ3n) is 5.42. The summed E-state index contributed by atoms with van der Waals surface area (Å²) < 4.78 is 49.2. The van der Waals surface area contributed by atoms with Crippen molar-refractivity contribution in [3.8, 4) is 0 Å². The van der Waals surface area contributed by atoms with Gasteiger partial charge in [0.15, 0.2) is 12.0 Å². The van der Waals surface area contributed by atoms with Gasteiger partial charge in [-0.2, -0.15) is 8.42 Å². The number of carbonyl (C=O) groups is 1. The molecule has 182 valence electrons.